The average Bonchev–Trinajstić information content (AvgIpc) is 3.21. The van der Waals surface area contributed by atoms with E-state index in [4.69, 9.17) is 10.8 Å². The predicted molar refractivity (Wildman–Crippen MR) is 218 cm³/mol. The van der Waals surface area contributed by atoms with E-state index in [1.54, 1.807) is 0 Å². The van der Waals surface area contributed by atoms with Crippen LogP contribution in [-0.2, 0) is 67.1 Å². The van der Waals surface area contributed by atoms with Crippen molar-refractivity contribution in [2.45, 2.75) is 146 Å². The normalized spacial score (nSPS) is 14.8. The molecule has 0 aliphatic heterocycles. The fourth-order valence-electron chi connectivity index (χ4n) is 5.28. The summed E-state index contributed by atoms with van der Waals surface area (Å²) in [6.45, 7) is 5.06. The van der Waals surface area contributed by atoms with E-state index in [2.05, 4.69) is 37.2 Å². The third-order valence-electron chi connectivity index (χ3n) is 9.05. The highest BCUT2D eigenvalue weighted by Gasteiger charge is 2.34. The largest absolute Gasteiger partial charge is 0.481 e. The van der Waals surface area contributed by atoms with Gasteiger partial charge in [0.2, 0.25) is 47.3 Å². The van der Waals surface area contributed by atoms with Crippen molar-refractivity contribution >= 4 is 83.1 Å². The van der Waals surface area contributed by atoms with Gasteiger partial charge < -0.3 is 78.9 Å². The van der Waals surface area contributed by atoms with Crippen LogP contribution in [0.3, 0.4) is 0 Å². The molecule has 0 bridgehead atoms. The van der Waals surface area contributed by atoms with E-state index in [1.807, 2.05) is 5.32 Å². The molecule has 16 N–H and O–H groups in total. The lowest BCUT2D eigenvalue weighted by Crippen LogP contribution is -2.60. The van der Waals surface area contributed by atoms with E-state index in [-0.39, 0.29) is 0 Å². The number of carboxylic acids is 6. The molecule has 370 valence electrons. The molecule has 0 aliphatic carbocycles. The number of carboxylic acid groups (broad SMARTS) is 6. The first-order valence-corrected chi connectivity index (χ1v) is 20.1. The molecule has 0 aliphatic rings. The van der Waals surface area contributed by atoms with Gasteiger partial charge in [0.25, 0.3) is 0 Å². The summed E-state index contributed by atoms with van der Waals surface area (Å²) < 4.78 is 0. The molecule has 8 amide bonds. The lowest BCUT2D eigenvalue weighted by atomic mass is 10.0. The van der Waals surface area contributed by atoms with Crippen LogP contribution in [0, 0.1) is 0 Å². The zero-order valence-corrected chi connectivity index (χ0v) is 36.2. The third kappa shape index (κ3) is 23.8. The van der Waals surface area contributed by atoms with Crippen LogP contribution in [0.5, 0.6) is 0 Å². The number of carbonyl (C=O) groups is 14. The fraction of sp³-hybridized carbons (Fsp3) is 0.622. The van der Waals surface area contributed by atoms with Crippen molar-refractivity contribution in [3.05, 3.63) is 0 Å². The number of carbonyl (C=O) groups excluding carboxylic acids is 8. The maximum Gasteiger partial charge on any atom is 0.326 e. The average molecular weight is 948 g/mol. The van der Waals surface area contributed by atoms with Crippen LogP contribution < -0.4 is 48.3 Å². The van der Waals surface area contributed by atoms with Crippen LogP contribution in [0.1, 0.15) is 91.9 Å². The van der Waals surface area contributed by atoms with Crippen molar-refractivity contribution < 1.29 is 97.8 Å². The summed E-state index contributed by atoms with van der Waals surface area (Å²) in [5, 5.41) is 72.9. The van der Waals surface area contributed by atoms with E-state index in [1.165, 1.54) is 20.8 Å². The second-order valence-electron chi connectivity index (χ2n) is 14.8. The summed E-state index contributed by atoms with van der Waals surface area (Å²) in [6.07, 6.45) is -7.46. The monoisotopic (exact) mass is 947 g/mol. The Kier molecular flexibility index (Phi) is 25.8. The number of hydrogen-bond donors (Lipinski definition) is 15. The van der Waals surface area contributed by atoms with Gasteiger partial charge in [-0.2, -0.15) is 0 Å². The summed E-state index contributed by atoms with van der Waals surface area (Å²) in [7, 11) is 0. The van der Waals surface area contributed by atoms with Crippen molar-refractivity contribution in [1.82, 2.24) is 42.5 Å². The molecule has 0 heterocycles. The first-order valence-electron chi connectivity index (χ1n) is 20.1. The number of hydrogen-bond acceptors (Lipinski definition) is 15. The van der Waals surface area contributed by atoms with E-state index in [0.717, 1.165) is 6.92 Å². The van der Waals surface area contributed by atoms with Gasteiger partial charge in [0.05, 0.1) is 6.04 Å². The van der Waals surface area contributed by atoms with Gasteiger partial charge in [-0.05, 0) is 59.8 Å². The summed E-state index contributed by atoms with van der Waals surface area (Å²) in [6, 6.07) is -14.2. The first-order chi connectivity index (χ1) is 30.5. The van der Waals surface area contributed by atoms with Crippen LogP contribution in [-0.4, -0.2) is 168 Å². The van der Waals surface area contributed by atoms with E-state index in [9.17, 15) is 92.7 Å². The van der Waals surface area contributed by atoms with Crippen LogP contribution in [0.2, 0.25) is 0 Å². The SMILES string of the molecule is C[C@H](N)C(=O)N[C@@H](C)C(=O)N[C@@H](C)C(=O)N[C@@H](C)C(=O)N[C@@H](CCC(=O)O)C(=O)N[C@@H](CCC(=O)O)C(=O)N[C@@H](CCC(=O)O)C(=O)N[C@@H](CCC(=O)O)C(=O)N[C@@H](CCC(=O)O)C(=O)O. The van der Waals surface area contributed by atoms with Crippen LogP contribution in [0.15, 0.2) is 0 Å². The molecular weight excluding hydrogens is 890 g/mol. The van der Waals surface area contributed by atoms with Gasteiger partial charge in [-0.3, -0.25) is 62.3 Å². The Hall–Kier alpha value is -7.46. The highest BCUT2D eigenvalue weighted by Crippen LogP contribution is 2.09. The minimum Gasteiger partial charge on any atom is -0.481 e. The zero-order chi connectivity index (χ0) is 51.0. The van der Waals surface area contributed by atoms with Crippen molar-refractivity contribution in [2.24, 2.45) is 5.73 Å². The van der Waals surface area contributed by atoms with Crippen LogP contribution in [0.25, 0.3) is 0 Å². The molecule has 0 aromatic carbocycles. The lowest BCUT2D eigenvalue weighted by molar-refractivity contribution is -0.144. The van der Waals surface area contributed by atoms with Gasteiger partial charge in [-0.25, -0.2) is 4.79 Å². The Morgan fingerprint density at radius 1 is 0.318 bits per heavy atom. The predicted octanol–water partition coefficient (Wildman–Crippen LogP) is -5.32. The number of nitrogens with two attached hydrogens (primary N) is 1. The van der Waals surface area contributed by atoms with Crippen LogP contribution >= 0.6 is 0 Å². The maximum absolute atomic E-state index is 13.6. The molecule has 0 radical (unpaired) electrons. The Bertz CT molecular complexity index is 1840. The lowest BCUT2D eigenvalue weighted by Gasteiger charge is -2.27. The third-order valence-corrected chi connectivity index (χ3v) is 9.05. The van der Waals surface area contributed by atoms with Gasteiger partial charge in [0.1, 0.15) is 48.3 Å². The number of nitrogens with one attached hydrogen (secondary N) is 8. The maximum atomic E-state index is 13.6. The highest BCUT2D eigenvalue weighted by molar-refractivity contribution is 5.98. The Morgan fingerprint density at radius 3 is 0.742 bits per heavy atom. The molecular formula is C37H57N9O20. The second kappa shape index (κ2) is 29.1. The first kappa shape index (κ1) is 58.5. The molecule has 0 rings (SSSR count). The fourth-order valence-corrected chi connectivity index (χ4v) is 5.28. The molecule has 66 heavy (non-hydrogen) atoms. The van der Waals surface area contributed by atoms with Gasteiger partial charge in [-0.1, -0.05) is 0 Å². The highest BCUT2D eigenvalue weighted by atomic mass is 16.4. The second-order valence-corrected chi connectivity index (χ2v) is 14.8. The number of rotatable bonds is 32. The molecule has 29 nitrogen and oxygen atoms in total. The van der Waals surface area contributed by atoms with Crippen molar-refractivity contribution in [3.8, 4) is 0 Å². The summed E-state index contributed by atoms with van der Waals surface area (Å²) in [5.74, 6) is -17.9. The zero-order valence-electron chi connectivity index (χ0n) is 36.2. The van der Waals surface area contributed by atoms with E-state index < -0.39 is 202 Å². The number of amides is 8. The molecule has 0 saturated carbocycles. The molecule has 9 atom stereocenters. The summed E-state index contributed by atoms with van der Waals surface area (Å²) in [4.78, 5) is 172. The minimum atomic E-state index is -1.93. The van der Waals surface area contributed by atoms with E-state index >= 15 is 0 Å². The topological polar surface area (TPSA) is 483 Å². The van der Waals surface area contributed by atoms with Gasteiger partial charge in [0, 0.05) is 32.1 Å². The quantitative estimate of drug-likeness (QED) is 0.0299. The summed E-state index contributed by atoms with van der Waals surface area (Å²) >= 11 is 0. The van der Waals surface area contributed by atoms with Gasteiger partial charge in [0.15, 0.2) is 0 Å². The molecule has 0 spiro atoms. The van der Waals surface area contributed by atoms with Gasteiger partial charge in [-0.15, -0.1) is 0 Å². The minimum absolute atomic E-state index is 0.632. The van der Waals surface area contributed by atoms with E-state index in [0.29, 0.717) is 0 Å². The van der Waals surface area contributed by atoms with Crippen molar-refractivity contribution in [1.29, 1.82) is 0 Å². The molecule has 0 unspecified atom stereocenters. The Morgan fingerprint density at radius 2 is 0.515 bits per heavy atom. The molecule has 0 aromatic heterocycles. The smallest absolute Gasteiger partial charge is 0.326 e. The van der Waals surface area contributed by atoms with Gasteiger partial charge >= 0.3 is 35.8 Å². The molecule has 0 saturated heterocycles. The van der Waals surface area contributed by atoms with Crippen molar-refractivity contribution in [2.75, 3.05) is 0 Å². The Balaban J connectivity index is 6.40. The molecule has 0 fully saturated rings. The molecule has 0 aromatic rings. The number of aliphatic carboxylic acids is 6. The summed E-state index contributed by atoms with van der Waals surface area (Å²) in [5.41, 5.74) is 5.46. The molecule has 29 heteroatoms. The van der Waals surface area contributed by atoms with Crippen molar-refractivity contribution in [3.63, 3.8) is 0 Å². The Labute approximate surface area is 375 Å². The van der Waals surface area contributed by atoms with Crippen LogP contribution in [0.4, 0.5) is 0 Å². The standard InChI is InChI=1S/C37H57N9O20/c1-15(38)29(57)39-16(2)30(58)40-17(3)31(59)41-18(4)32(60)42-19(5-10-24(47)48)33(61)43-20(6-11-25(49)50)34(62)44-21(7-12-26(51)52)35(63)45-22(8-13-27(53)54)36(64)46-23(37(65)66)9-14-28(55)56/h15-23H,5-14,38H2,1-4H3,(H,39,57)(H,40,58)(H,41,59)(H,42,60)(H,43,61)(H,44,62)(H,45,63)(H,46,64)(H,47,48)(H,49,50)(H,51,52)(H,53,54)(H,55,56)(H,65,66)/t15-,16-,17-,18-,19-,20-,21-,22-,23-/m0/s1.